The first-order chi connectivity index (χ1) is 16.8. The quantitative estimate of drug-likeness (QED) is 0.143. The first-order valence-corrected chi connectivity index (χ1v) is 15.8. The molecule has 4 rings (SSSR count). The van der Waals surface area contributed by atoms with E-state index in [0.717, 1.165) is 49.6 Å². The predicted molar refractivity (Wildman–Crippen MR) is 160 cm³/mol. The molecule has 3 aliphatic rings. The van der Waals surface area contributed by atoms with Gasteiger partial charge >= 0.3 is 0 Å². The zero-order valence-corrected chi connectivity index (χ0v) is 28.1. The SMILES string of the molecule is CN(CCS)CCS.C[C@]12CCC3c4ccc(O)cc4CC(CCCCCCS)C3C1CC[C@@H]2O.[O-2].[Re]. The van der Waals surface area contributed by atoms with Gasteiger partial charge in [0.1, 0.15) is 5.75 Å². The molecule has 0 heterocycles. The van der Waals surface area contributed by atoms with E-state index in [2.05, 4.69) is 62.8 Å². The van der Waals surface area contributed by atoms with Crippen molar-refractivity contribution in [1.29, 1.82) is 0 Å². The van der Waals surface area contributed by atoms with Gasteiger partial charge in [-0.25, -0.2) is 0 Å². The summed E-state index contributed by atoms with van der Waals surface area (Å²) in [7, 11) is 2.08. The Kier molecular flexibility index (Phi) is 16.8. The molecule has 3 aliphatic carbocycles. The first-order valence-electron chi connectivity index (χ1n) is 13.9. The van der Waals surface area contributed by atoms with Gasteiger partial charge in [-0.2, -0.15) is 37.9 Å². The average Bonchev–Trinajstić information content (AvgIpc) is 3.13. The topological polar surface area (TPSA) is 72.2 Å². The number of aliphatic hydroxyl groups is 1. The molecule has 8 heteroatoms. The van der Waals surface area contributed by atoms with Crippen molar-refractivity contribution < 1.29 is 36.1 Å². The predicted octanol–water partition coefficient (Wildman–Crippen LogP) is 6.37. The summed E-state index contributed by atoms with van der Waals surface area (Å²) in [5, 5.41) is 20.8. The molecule has 2 saturated carbocycles. The van der Waals surface area contributed by atoms with Gasteiger partial charge in [-0.15, -0.1) is 0 Å². The Bertz CT molecular complexity index is 783. The van der Waals surface area contributed by atoms with Crippen LogP contribution in [0.4, 0.5) is 0 Å². The Morgan fingerprint density at radius 1 is 0.973 bits per heavy atom. The molecule has 1 aromatic carbocycles. The minimum atomic E-state index is -0.110. The number of nitrogens with zero attached hydrogens (tertiary/aromatic N) is 1. The van der Waals surface area contributed by atoms with Crippen LogP contribution in [0.15, 0.2) is 18.2 Å². The molecule has 1 aromatic rings. The summed E-state index contributed by atoms with van der Waals surface area (Å²) in [6.07, 6.45) is 12.0. The zero-order valence-electron chi connectivity index (χ0n) is 22.7. The molecule has 0 amide bonds. The van der Waals surface area contributed by atoms with Crippen LogP contribution in [-0.4, -0.2) is 58.6 Å². The van der Waals surface area contributed by atoms with E-state index >= 15 is 0 Å². The van der Waals surface area contributed by atoms with E-state index in [1.165, 1.54) is 56.1 Å². The molecule has 2 fully saturated rings. The maximum atomic E-state index is 10.7. The third kappa shape index (κ3) is 9.05. The Balaban J connectivity index is 0.000000600. The van der Waals surface area contributed by atoms with Crippen LogP contribution < -0.4 is 0 Å². The van der Waals surface area contributed by atoms with Gasteiger partial charge in [-0.3, -0.25) is 0 Å². The summed E-state index contributed by atoms with van der Waals surface area (Å²) in [6, 6.07) is 6.10. The molecule has 37 heavy (non-hydrogen) atoms. The van der Waals surface area contributed by atoms with Gasteiger partial charge in [0.15, 0.2) is 0 Å². The summed E-state index contributed by atoms with van der Waals surface area (Å²) < 4.78 is 0. The number of unbranched alkanes of at least 4 members (excludes halogenated alkanes) is 3. The number of fused-ring (bicyclic) bond motifs is 5. The van der Waals surface area contributed by atoms with Crippen LogP contribution in [0.5, 0.6) is 5.75 Å². The zero-order chi connectivity index (χ0) is 25.4. The molecular weight excluding hydrogens is 693 g/mol. The molecule has 215 valence electrons. The van der Waals surface area contributed by atoms with E-state index in [-0.39, 0.29) is 37.4 Å². The number of rotatable bonds is 10. The summed E-state index contributed by atoms with van der Waals surface area (Å²) in [5.74, 6) is 5.98. The number of hydrogen-bond acceptors (Lipinski definition) is 6. The molecule has 2 N–H and O–H groups in total. The van der Waals surface area contributed by atoms with Crippen molar-refractivity contribution in [3.8, 4) is 5.75 Å². The molecule has 0 bridgehead atoms. The van der Waals surface area contributed by atoms with Crippen LogP contribution in [0.2, 0.25) is 0 Å². The van der Waals surface area contributed by atoms with Crippen LogP contribution in [0.25, 0.3) is 0 Å². The third-order valence-electron chi connectivity index (χ3n) is 9.28. The van der Waals surface area contributed by atoms with Crippen LogP contribution in [-0.2, 0) is 32.3 Å². The summed E-state index contributed by atoms with van der Waals surface area (Å²) in [4.78, 5) is 2.21. The molecule has 6 atom stereocenters. The fourth-order valence-corrected chi connectivity index (χ4v) is 8.26. The largest absolute Gasteiger partial charge is 2.00 e. The number of aromatic hydroxyl groups is 1. The maximum Gasteiger partial charge on any atom is 0.115 e. The third-order valence-corrected chi connectivity index (χ3v) is 10.00. The van der Waals surface area contributed by atoms with Crippen molar-refractivity contribution in [2.24, 2.45) is 23.2 Å². The molecule has 4 unspecified atom stereocenters. The van der Waals surface area contributed by atoms with Gasteiger partial charge in [-0.05, 0) is 110 Å². The monoisotopic (exact) mass is 742 g/mol. The van der Waals surface area contributed by atoms with Crippen LogP contribution in [0, 0.1) is 23.2 Å². The van der Waals surface area contributed by atoms with Gasteiger partial charge in [0.25, 0.3) is 0 Å². The molecule has 0 aliphatic heterocycles. The normalized spacial score (nSPS) is 29.6. The van der Waals surface area contributed by atoms with Crippen molar-refractivity contribution in [1.82, 2.24) is 4.90 Å². The molecule has 0 saturated heterocycles. The maximum absolute atomic E-state index is 10.7. The molecule has 0 aromatic heterocycles. The van der Waals surface area contributed by atoms with E-state index in [4.69, 9.17) is 0 Å². The Morgan fingerprint density at radius 2 is 1.65 bits per heavy atom. The van der Waals surface area contributed by atoms with Gasteiger partial charge < -0.3 is 20.6 Å². The van der Waals surface area contributed by atoms with Gasteiger partial charge in [-0.1, -0.05) is 32.3 Å². The molecule has 4 nitrogen and oxygen atoms in total. The molecular formula is C29H49NO3ReS3-2. The van der Waals surface area contributed by atoms with Gasteiger partial charge in [0.2, 0.25) is 0 Å². The second-order valence-corrected chi connectivity index (χ2v) is 12.8. The summed E-state index contributed by atoms with van der Waals surface area (Å²) >= 11 is 12.5. The first kappa shape index (κ1) is 35.6. The minimum Gasteiger partial charge on any atom is -2.00 e. The molecule has 0 spiro atoms. The smallest absolute Gasteiger partial charge is 0.115 e. The van der Waals surface area contributed by atoms with Crippen molar-refractivity contribution in [2.75, 3.05) is 37.4 Å². The Labute approximate surface area is 256 Å². The van der Waals surface area contributed by atoms with Crippen molar-refractivity contribution in [3.63, 3.8) is 0 Å². The van der Waals surface area contributed by atoms with E-state index < -0.39 is 0 Å². The number of phenolic OH excluding ortho intramolecular Hbond substituents is 1. The number of benzene rings is 1. The van der Waals surface area contributed by atoms with Crippen LogP contribution in [0.1, 0.15) is 81.8 Å². The second-order valence-electron chi connectivity index (χ2n) is 11.5. The second kappa shape index (κ2) is 17.4. The average molecular weight is 742 g/mol. The standard InChI is InChI=1S/C24H36O2S.C5H13NS2.O.Re/c1-24-12-11-20-19-8-7-18(25)15-17(19)14-16(6-4-2-3-5-13-27)23(20)21(24)9-10-22(24)26;1-6(2-4-7)3-5-8;;/h7-8,15-16,20-23,25-27H,2-6,9-14H2,1H3;7-8H,2-5H2,1H3;;/q;;-2;/t16?,20?,21?,22-,23?,24-;;;/m0.../s1. The number of hydrogen-bond donors (Lipinski definition) is 5. The van der Waals surface area contributed by atoms with E-state index in [1.807, 2.05) is 12.1 Å². The van der Waals surface area contributed by atoms with Gasteiger partial charge in [0, 0.05) is 45.0 Å². The Hall–Kier alpha value is 0.612. The fraction of sp³-hybridized carbons (Fsp3) is 0.793. The summed E-state index contributed by atoms with van der Waals surface area (Å²) in [6.45, 7) is 4.48. The number of phenols is 1. The van der Waals surface area contributed by atoms with Gasteiger partial charge in [0.05, 0.1) is 6.10 Å². The number of aliphatic hydroxyl groups excluding tert-OH is 1. The van der Waals surface area contributed by atoms with Crippen molar-refractivity contribution in [2.45, 2.75) is 83.2 Å². The van der Waals surface area contributed by atoms with Crippen molar-refractivity contribution in [3.05, 3.63) is 29.3 Å². The Morgan fingerprint density at radius 3 is 2.30 bits per heavy atom. The van der Waals surface area contributed by atoms with Crippen LogP contribution >= 0.6 is 37.9 Å². The number of thiol groups is 3. The minimum absolute atomic E-state index is 0. The van der Waals surface area contributed by atoms with Crippen LogP contribution in [0.3, 0.4) is 0 Å². The van der Waals surface area contributed by atoms with E-state index in [9.17, 15) is 10.2 Å². The molecule has 1 radical (unpaired) electrons. The fourth-order valence-electron chi connectivity index (χ4n) is 7.36. The van der Waals surface area contributed by atoms with E-state index in [0.29, 0.717) is 29.4 Å². The van der Waals surface area contributed by atoms with E-state index in [1.54, 1.807) is 0 Å². The van der Waals surface area contributed by atoms with Crippen molar-refractivity contribution >= 4 is 37.9 Å². The summed E-state index contributed by atoms with van der Waals surface area (Å²) in [5.41, 5.74) is 3.01.